The van der Waals surface area contributed by atoms with Crippen molar-refractivity contribution < 1.29 is 4.79 Å². The molecule has 0 N–H and O–H groups in total. The highest BCUT2D eigenvalue weighted by atomic mass is 16.1. The second-order valence-corrected chi connectivity index (χ2v) is 3.87. The molecule has 0 aliphatic rings. The molecule has 6 heteroatoms. The second kappa shape index (κ2) is 4.32. The lowest BCUT2D eigenvalue weighted by atomic mass is 10.1. The summed E-state index contributed by atoms with van der Waals surface area (Å²) in [5.41, 5.74) is 1.27. The Labute approximate surface area is 98.6 Å². The number of hydrogen-bond acceptors (Lipinski definition) is 5. The molecule has 0 bridgehead atoms. The second-order valence-electron chi connectivity index (χ2n) is 3.87. The summed E-state index contributed by atoms with van der Waals surface area (Å²) in [6, 6.07) is 0. The summed E-state index contributed by atoms with van der Waals surface area (Å²) in [7, 11) is 3.71. The van der Waals surface area contributed by atoms with Gasteiger partial charge < -0.3 is 4.90 Å². The molecule has 0 unspecified atom stereocenters. The van der Waals surface area contributed by atoms with Crippen LogP contribution in [0.3, 0.4) is 0 Å². The number of hydrogen-bond donors (Lipinski definition) is 0. The molecule has 2 aromatic rings. The molecule has 0 aromatic carbocycles. The highest BCUT2D eigenvalue weighted by Gasteiger charge is 2.11. The fourth-order valence-corrected chi connectivity index (χ4v) is 1.44. The maximum atomic E-state index is 11.9. The molecular weight excluding hydrogens is 218 g/mol. The van der Waals surface area contributed by atoms with Crippen LogP contribution in [0.4, 0.5) is 0 Å². The van der Waals surface area contributed by atoms with E-state index in [2.05, 4.69) is 15.1 Å². The first kappa shape index (κ1) is 11.3. The van der Waals surface area contributed by atoms with Crippen LogP contribution in [0.25, 0.3) is 5.78 Å². The Morgan fingerprint density at radius 3 is 2.88 bits per heavy atom. The van der Waals surface area contributed by atoms with Gasteiger partial charge in [0.15, 0.2) is 5.78 Å². The zero-order chi connectivity index (χ0) is 12.4. The van der Waals surface area contributed by atoms with E-state index in [4.69, 9.17) is 0 Å². The predicted molar refractivity (Wildman–Crippen MR) is 62.7 cm³/mol. The van der Waals surface area contributed by atoms with Crippen LogP contribution in [0.2, 0.25) is 0 Å². The average Bonchev–Trinajstić information content (AvgIpc) is 2.75. The fraction of sp³-hybridized carbons (Fsp3) is 0.273. The van der Waals surface area contributed by atoms with Crippen LogP contribution in [0.5, 0.6) is 0 Å². The van der Waals surface area contributed by atoms with Gasteiger partial charge in [-0.2, -0.15) is 10.1 Å². The van der Waals surface area contributed by atoms with E-state index in [0.29, 0.717) is 11.3 Å². The van der Waals surface area contributed by atoms with Crippen LogP contribution in [-0.4, -0.2) is 44.4 Å². The van der Waals surface area contributed by atoms with Crippen molar-refractivity contribution in [2.24, 2.45) is 0 Å². The summed E-state index contributed by atoms with van der Waals surface area (Å²) in [6.45, 7) is 1.82. The molecule has 0 amide bonds. The van der Waals surface area contributed by atoms with Gasteiger partial charge in [0, 0.05) is 32.6 Å². The summed E-state index contributed by atoms with van der Waals surface area (Å²) in [6.07, 6.45) is 6.15. The summed E-state index contributed by atoms with van der Waals surface area (Å²) in [5.74, 6) is 0.400. The Kier molecular flexibility index (Phi) is 2.86. The van der Waals surface area contributed by atoms with Crippen molar-refractivity contribution in [1.29, 1.82) is 0 Å². The molecule has 2 aromatic heterocycles. The zero-order valence-corrected chi connectivity index (χ0v) is 9.95. The maximum absolute atomic E-state index is 11.9. The van der Waals surface area contributed by atoms with E-state index in [9.17, 15) is 4.79 Å². The number of carbonyl (C=O) groups excluding carboxylic acids is 1. The molecule has 0 fully saturated rings. The van der Waals surface area contributed by atoms with Crippen molar-refractivity contribution in [3.05, 3.63) is 36.1 Å². The van der Waals surface area contributed by atoms with Crippen molar-refractivity contribution in [3.8, 4) is 0 Å². The van der Waals surface area contributed by atoms with E-state index >= 15 is 0 Å². The van der Waals surface area contributed by atoms with E-state index in [1.54, 1.807) is 15.6 Å². The lowest BCUT2D eigenvalue weighted by Crippen LogP contribution is -2.08. The van der Waals surface area contributed by atoms with Crippen molar-refractivity contribution in [2.45, 2.75) is 6.92 Å². The predicted octanol–water partition coefficient (Wildman–Crippen LogP) is 0.691. The van der Waals surface area contributed by atoms with Crippen LogP contribution in [0.1, 0.15) is 16.1 Å². The highest BCUT2D eigenvalue weighted by molar-refractivity contribution is 6.05. The van der Waals surface area contributed by atoms with Crippen molar-refractivity contribution in [1.82, 2.24) is 24.5 Å². The third kappa shape index (κ3) is 2.15. The summed E-state index contributed by atoms with van der Waals surface area (Å²) < 4.78 is 1.55. The number of ketones is 1. The summed E-state index contributed by atoms with van der Waals surface area (Å²) in [5, 5.41) is 4.01. The van der Waals surface area contributed by atoms with Gasteiger partial charge in [-0.15, -0.1) is 0 Å². The zero-order valence-electron chi connectivity index (χ0n) is 9.95. The van der Waals surface area contributed by atoms with Gasteiger partial charge >= 0.3 is 0 Å². The minimum Gasteiger partial charge on any atom is -0.383 e. The number of aryl methyl sites for hydroxylation is 1. The van der Waals surface area contributed by atoms with Gasteiger partial charge in [0.25, 0.3) is 5.78 Å². The van der Waals surface area contributed by atoms with E-state index in [-0.39, 0.29) is 5.78 Å². The Bertz CT molecular complexity index is 585. The topological polar surface area (TPSA) is 63.4 Å². The Balaban J connectivity index is 2.42. The number of nitrogens with zero attached hydrogens (tertiary/aromatic N) is 5. The number of fused-ring (bicyclic) bond motifs is 1. The molecule has 0 spiro atoms. The van der Waals surface area contributed by atoms with E-state index in [1.807, 2.05) is 21.0 Å². The highest BCUT2D eigenvalue weighted by Crippen LogP contribution is 2.08. The molecule has 0 aliphatic heterocycles. The van der Waals surface area contributed by atoms with E-state index < -0.39 is 0 Å². The molecule has 0 saturated heterocycles. The Hall–Kier alpha value is -2.24. The molecular formula is C11H13N5O. The maximum Gasteiger partial charge on any atom is 0.252 e. The fourth-order valence-electron chi connectivity index (χ4n) is 1.44. The van der Waals surface area contributed by atoms with Gasteiger partial charge in [-0.05, 0) is 6.92 Å². The average molecular weight is 231 g/mol. The monoisotopic (exact) mass is 231 g/mol. The minimum atomic E-state index is -0.0962. The molecule has 0 atom stereocenters. The van der Waals surface area contributed by atoms with Crippen LogP contribution >= 0.6 is 0 Å². The lowest BCUT2D eigenvalue weighted by molar-refractivity contribution is 0.104. The third-order valence-corrected chi connectivity index (χ3v) is 2.34. The smallest absolute Gasteiger partial charge is 0.252 e. The quantitative estimate of drug-likeness (QED) is 0.574. The molecule has 0 saturated carbocycles. The molecule has 17 heavy (non-hydrogen) atoms. The lowest BCUT2D eigenvalue weighted by Gasteiger charge is -2.05. The summed E-state index contributed by atoms with van der Waals surface area (Å²) >= 11 is 0. The summed E-state index contributed by atoms with van der Waals surface area (Å²) in [4.78, 5) is 21.7. The van der Waals surface area contributed by atoms with E-state index in [0.717, 1.165) is 5.69 Å². The standard InChI is InChI=1S/C11H13N5O/c1-8-9(10(17)4-5-15(2)3)6-12-11-13-7-14-16(8)11/h4-7H,1-3H3/b5-4+. The molecule has 2 rings (SSSR count). The number of allylic oxidation sites excluding steroid dienone is 1. The van der Waals surface area contributed by atoms with Crippen LogP contribution in [-0.2, 0) is 0 Å². The number of rotatable bonds is 3. The van der Waals surface area contributed by atoms with Gasteiger partial charge in [0.2, 0.25) is 0 Å². The molecule has 88 valence electrons. The van der Waals surface area contributed by atoms with Gasteiger partial charge in [-0.3, -0.25) is 4.79 Å². The minimum absolute atomic E-state index is 0.0962. The SMILES string of the molecule is Cc1c(C(=O)/C=C/N(C)C)cnc2ncnn12. The Morgan fingerprint density at radius 1 is 1.41 bits per heavy atom. The van der Waals surface area contributed by atoms with Gasteiger partial charge in [0.1, 0.15) is 6.33 Å². The van der Waals surface area contributed by atoms with Crippen molar-refractivity contribution >= 4 is 11.6 Å². The first-order chi connectivity index (χ1) is 8.09. The number of carbonyl (C=O) groups is 1. The molecule has 0 aliphatic carbocycles. The van der Waals surface area contributed by atoms with Crippen LogP contribution < -0.4 is 0 Å². The normalized spacial score (nSPS) is 11.2. The van der Waals surface area contributed by atoms with Crippen LogP contribution in [0, 0.1) is 6.92 Å². The first-order valence-electron chi connectivity index (χ1n) is 5.14. The Morgan fingerprint density at radius 2 is 2.18 bits per heavy atom. The van der Waals surface area contributed by atoms with Crippen molar-refractivity contribution in [3.63, 3.8) is 0 Å². The van der Waals surface area contributed by atoms with Crippen LogP contribution in [0.15, 0.2) is 24.8 Å². The molecule has 0 radical (unpaired) electrons. The van der Waals surface area contributed by atoms with Gasteiger partial charge in [-0.25, -0.2) is 9.50 Å². The van der Waals surface area contributed by atoms with E-state index in [1.165, 1.54) is 18.6 Å². The van der Waals surface area contributed by atoms with Gasteiger partial charge in [0.05, 0.1) is 11.3 Å². The first-order valence-corrected chi connectivity index (χ1v) is 5.14. The largest absolute Gasteiger partial charge is 0.383 e. The molecule has 6 nitrogen and oxygen atoms in total. The van der Waals surface area contributed by atoms with Crippen molar-refractivity contribution in [2.75, 3.05) is 14.1 Å². The number of aromatic nitrogens is 4. The molecule has 2 heterocycles. The van der Waals surface area contributed by atoms with Gasteiger partial charge in [-0.1, -0.05) is 0 Å². The third-order valence-electron chi connectivity index (χ3n) is 2.34.